The van der Waals surface area contributed by atoms with Gasteiger partial charge >= 0.3 is 5.97 Å². The molecule has 0 saturated heterocycles. The zero-order valence-electron chi connectivity index (χ0n) is 8.11. The van der Waals surface area contributed by atoms with Crippen LogP contribution in [0.15, 0.2) is 29.3 Å². The summed E-state index contributed by atoms with van der Waals surface area (Å²) in [4.78, 5) is 14.8. The first-order valence-corrected chi connectivity index (χ1v) is 4.18. The topological polar surface area (TPSA) is 61.7 Å². The van der Waals surface area contributed by atoms with E-state index in [-0.39, 0.29) is 5.56 Å². The third-order valence-electron chi connectivity index (χ3n) is 1.87. The molecule has 0 amide bonds. The van der Waals surface area contributed by atoms with Crippen molar-refractivity contribution in [3.63, 3.8) is 0 Å². The molecule has 0 aromatic heterocycles. The van der Waals surface area contributed by atoms with E-state index in [4.69, 9.17) is 5.11 Å². The largest absolute Gasteiger partial charge is 0.478 e. The second-order valence-corrected chi connectivity index (χ2v) is 2.67. The summed E-state index contributed by atoms with van der Waals surface area (Å²) in [5.74, 6) is -0.375. The van der Waals surface area contributed by atoms with Crippen LogP contribution >= 0.6 is 0 Å². The van der Waals surface area contributed by atoms with Gasteiger partial charge < -0.3 is 10.4 Å². The van der Waals surface area contributed by atoms with Gasteiger partial charge in [0, 0.05) is 19.7 Å². The van der Waals surface area contributed by atoms with Crippen molar-refractivity contribution in [3.05, 3.63) is 35.4 Å². The van der Waals surface area contributed by atoms with Crippen LogP contribution in [0.5, 0.6) is 0 Å². The van der Waals surface area contributed by atoms with Gasteiger partial charge in [0.25, 0.3) is 0 Å². The number of hydrogen-bond acceptors (Lipinski definition) is 2. The number of benzene rings is 1. The zero-order chi connectivity index (χ0) is 10.6. The van der Waals surface area contributed by atoms with Gasteiger partial charge in [-0.05, 0) is 6.07 Å². The summed E-state index contributed by atoms with van der Waals surface area (Å²) in [6.07, 6.45) is 0. The van der Waals surface area contributed by atoms with Crippen molar-refractivity contribution in [2.24, 2.45) is 4.99 Å². The summed E-state index contributed by atoms with van der Waals surface area (Å²) in [5, 5.41) is 11.8. The number of nitrogens with one attached hydrogen (secondary N) is 1. The Bertz CT molecular complexity index is 372. The molecule has 1 rings (SSSR count). The first-order chi connectivity index (χ1) is 6.70. The summed E-state index contributed by atoms with van der Waals surface area (Å²) in [5.41, 5.74) is 0.854. The second-order valence-electron chi connectivity index (χ2n) is 2.67. The highest BCUT2D eigenvalue weighted by Crippen LogP contribution is 2.08. The van der Waals surface area contributed by atoms with Gasteiger partial charge in [0.2, 0.25) is 0 Å². The summed E-state index contributed by atoms with van der Waals surface area (Å²) in [6, 6.07) is 6.75. The van der Waals surface area contributed by atoms with Crippen molar-refractivity contribution >= 4 is 11.8 Å². The number of carboxylic acids is 1. The molecule has 0 atom stereocenters. The average Bonchev–Trinajstić information content (AvgIpc) is 2.20. The van der Waals surface area contributed by atoms with Crippen LogP contribution in [0.25, 0.3) is 0 Å². The van der Waals surface area contributed by atoms with Crippen molar-refractivity contribution in [3.8, 4) is 0 Å². The SMILES string of the molecule is CN=C(NC)c1ccccc1C(=O)O. The lowest BCUT2D eigenvalue weighted by atomic mass is 10.1. The number of carboxylic acid groups (broad SMARTS) is 1. The standard InChI is InChI=1S/C10H12N2O2/c1-11-9(12-2)7-5-3-4-6-8(7)10(13)14/h3-6H,1-2H3,(H,11,12)(H,13,14). The molecule has 1 aromatic rings. The Hall–Kier alpha value is -1.84. The van der Waals surface area contributed by atoms with E-state index in [1.807, 2.05) is 0 Å². The van der Waals surface area contributed by atoms with Crippen LogP contribution < -0.4 is 5.32 Å². The highest BCUT2D eigenvalue weighted by atomic mass is 16.4. The number of carbonyl (C=O) groups is 1. The Balaban J connectivity index is 3.26. The fraction of sp³-hybridized carbons (Fsp3) is 0.200. The van der Waals surface area contributed by atoms with Gasteiger partial charge in [0.1, 0.15) is 5.84 Å². The third kappa shape index (κ3) is 1.90. The predicted molar refractivity (Wildman–Crippen MR) is 54.9 cm³/mol. The Labute approximate surface area is 82.3 Å². The maximum absolute atomic E-state index is 10.9. The molecular weight excluding hydrogens is 180 g/mol. The summed E-state index contributed by atoms with van der Waals surface area (Å²) in [7, 11) is 3.32. The van der Waals surface area contributed by atoms with Crippen LogP contribution in [-0.2, 0) is 0 Å². The lowest BCUT2D eigenvalue weighted by molar-refractivity contribution is 0.0696. The second kappa shape index (κ2) is 4.41. The fourth-order valence-corrected chi connectivity index (χ4v) is 1.24. The predicted octanol–water partition coefficient (Wildman–Crippen LogP) is 0.981. The van der Waals surface area contributed by atoms with Crippen molar-refractivity contribution in [2.45, 2.75) is 0 Å². The molecule has 0 spiro atoms. The molecule has 0 bridgehead atoms. The van der Waals surface area contributed by atoms with Crippen molar-refractivity contribution in [2.75, 3.05) is 14.1 Å². The monoisotopic (exact) mass is 192 g/mol. The fourth-order valence-electron chi connectivity index (χ4n) is 1.24. The van der Waals surface area contributed by atoms with Gasteiger partial charge in [-0.2, -0.15) is 0 Å². The normalized spacial score (nSPS) is 11.1. The van der Waals surface area contributed by atoms with E-state index in [9.17, 15) is 4.79 Å². The van der Waals surface area contributed by atoms with E-state index in [1.165, 1.54) is 0 Å². The Morgan fingerprint density at radius 2 is 1.93 bits per heavy atom. The van der Waals surface area contributed by atoms with E-state index in [0.29, 0.717) is 11.4 Å². The highest BCUT2D eigenvalue weighted by molar-refractivity contribution is 6.07. The molecule has 1 aromatic carbocycles. The number of hydrogen-bond donors (Lipinski definition) is 2. The maximum atomic E-state index is 10.9. The van der Waals surface area contributed by atoms with Gasteiger partial charge in [-0.25, -0.2) is 4.79 Å². The molecule has 0 heterocycles. The highest BCUT2D eigenvalue weighted by Gasteiger charge is 2.11. The molecule has 4 heteroatoms. The lowest BCUT2D eigenvalue weighted by Crippen LogP contribution is -2.22. The van der Waals surface area contributed by atoms with E-state index >= 15 is 0 Å². The van der Waals surface area contributed by atoms with Crippen molar-refractivity contribution in [1.82, 2.24) is 5.32 Å². The Morgan fingerprint density at radius 1 is 1.36 bits per heavy atom. The number of amidine groups is 1. The molecule has 0 unspecified atom stereocenters. The molecule has 4 nitrogen and oxygen atoms in total. The van der Waals surface area contributed by atoms with Gasteiger partial charge in [-0.3, -0.25) is 4.99 Å². The molecule has 0 aliphatic rings. The van der Waals surface area contributed by atoms with Crippen LogP contribution in [0.4, 0.5) is 0 Å². The molecule has 74 valence electrons. The summed E-state index contributed by atoms with van der Waals surface area (Å²) < 4.78 is 0. The molecule has 0 aliphatic heterocycles. The smallest absolute Gasteiger partial charge is 0.336 e. The molecule has 14 heavy (non-hydrogen) atoms. The average molecular weight is 192 g/mol. The Kier molecular flexibility index (Phi) is 3.23. The number of rotatable bonds is 2. The van der Waals surface area contributed by atoms with Gasteiger partial charge in [-0.15, -0.1) is 0 Å². The molecular formula is C10H12N2O2. The van der Waals surface area contributed by atoms with Crippen LogP contribution in [0.2, 0.25) is 0 Å². The van der Waals surface area contributed by atoms with Crippen LogP contribution in [-0.4, -0.2) is 31.0 Å². The maximum Gasteiger partial charge on any atom is 0.336 e. The summed E-state index contributed by atoms with van der Waals surface area (Å²) >= 11 is 0. The quantitative estimate of drug-likeness (QED) is 0.542. The van der Waals surface area contributed by atoms with Crippen LogP contribution in [0.3, 0.4) is 0 Å². The number of nitrogens with zero attached hydrogens (tertiary/aromatic N) is 1. The molecule has 0 saturated carbocycles. The minimum absolute atomic E-state index is 0.252. The zero-order valence-corrected chi connectivity index (χ0v) is 8.11. The molecule has 0 aliphatic carbocycles. The van der Waals surface area contributed by atoms with Gasteiger partial charge in [0.05, 0.1) is 5.56 Å². The third-order valence-corrected chi connectivity index (χ3v) is 1.87. The number of aliphatic imine (C=N–C) groups is 1. The molecule has 0 fully saturated rings. The minimum atomic E-state index is -0.947. The van der Waals surface area contributed by atoms with Crippen molar-refractivity contribution < 1.29 is 9.90 Å². The summed E-state index contributed by atoms with van der Waals surface area (Å²) in [6.45, 7) is 0. The molecule has 0 radical (unpaired) electrons. The lowest BCUT2D eigenvalue weighted by Gasteiger charge is -2.07. The van der Waals surface area contributed by atoms with Gasteiger partial charge in [-0.1, -0.05) is 18.2 Å². The van der Waals surface area contributed by atoms with E-state index in [0.717, 1.165) is 0 Å². The van der Waals surface area contributed by atoms with Crippen LogP contribution in [0.1, 0.15) is 15.9 Å². The minimum Gasteiger partial charge on any atom is -0.478 e. The van der Waals surface area contributed by atoms with Crippen molar-refractivity contribution in [1.29, 1.82) is 0 Å². The number of aromatic carboxylic acids is 1. The first kappa shape index (κ1) is 10.2. The van der Waals surface area contributed by atoms with E-state index in [1.54, 1.807) is 38.4 Å². The van der Waals surface area contributed by atoms with Gasteiger partial charge in [0.15, 0.2) is 0 Å². The van der Waals surface area contributed by atoms with E-state index < -0.39 is 5.97 Å². The first-order valence-electron chi connectivity index (χ1n) is 4.18. The van der Waals surface area contributed by atoms with E-state index in [2.05, 4.69) is 10.3 Å². The Morgan fingerprint density at radius 3 is 2.36 bits per heavy atom. The van der Waals surface area contributed by atoms with Crippen LogP contribution in [0, 0.1) is 0 Å². The molecule has 2 N–H and O–H groups in total.